The van der Waals surface area contributed by atoms with Crippen LogP contribution in [0, 0.1) is 0 Å². The van der Waals surface area contributed by atoms with Crippen molar-refractivity contribution in [3.63, 3.8) is 0 Å². The molecule has 45 heavy (non-hydrogen) atoms. The number of para-hydroxylation sites is 4. The number of fused-ring (bicyclic) bond motifs is 6. The van der Waals surface area contributed by atoms with Gasteiger partial charge in [-0.25, -0.2) is 0 Å². The highest BCUT2D eigenvalue weighted by Gasteiger charge is 2.34. The summed E-state index contributed by atoms with van der Waals surface area (Å²) in [5.41, 5.74) is 12.5. The summed E-state index contributed by atoms with van der Waals surface area (Å²) in [5.74, 6) is 0. The molecule has 0 aliphatic carbocycles. The van der Waals surface area contributed by atoms with Gasteiger partial charge in [-0.15, -0.1) is 0 Å². The lowest BCUT2D eigenvalue weighted by Gasteiger charge is -2.34. The zero-order valence-electron chi connectivity index (χ0n) is 25.4. The van der Waals surface area contributed by atoms with Crippen molar-refractivity contribution < 1.29 is 0 Å². The third kappa shape index (κ3) is 3.89. The first-order valence-electron chi connectivity index (χ1n) is 15.7. The molecule has 2 nitrogen and oxygen atoms in total. The van der Waals surface area contributed by atoms with Crippen LogP contribution in [0.15, 0.2) is 158 Å². The second-order valence-corrected chi connectivity index (χ2v) is 12.7. The summed E-state index contributed by atoms with van der Waals surface area (Å²) in [5, 5.41) is 5.07. The molecule has 8 aromatic rings. The van der Waals surface area contributed by atoms with E-state index >= 15 is 0 Å². The summed E-state index contributed by atoms with van der Waals surface area (Å²) >= 11 is 0. The molecule has 0 spiro atoms. The standard InChI is InChI=1S/C43H32N2/c1-43(2)38-17-9-10-19-41(38)45-40-25-23-32(28-37(40)36-16-11-18-39(43)42(36)45)29-20-21-31-27-35(24-22-30(31)26-29)44(33-12-5-3-6-13-33)34-14-7-4-8-15-34/h3-28H,1-2H3. The van der Waals surface area contributed by atoms with Crippen molar-refractivity contribution in [3.05, 3.63) is 169 Å². The minimum atomic E-state index is -0.0584. The van der Waals surface area contributed by atoms with Crippen LogP contribution < -0.4 is 4.90 Å². The van der Waals surface area contributed by atoms with Gasteiger partial charge in [0.25, 0.3) is 0 Å². The van der Waals surface area contributed by atoms with Gasteiger partial charge < -0.3 is 9.47 Å². The lowest BCUT2D eigenvalue weighted by atomic mass is 9.75. The van der Waals surface area contributed by atoms with Gasteiger partial charge in [0.05, 0.1) is 16.7 Å². The number of anilines is 3. The van der Waals surface area contributed by atoms with Crippen molar-refractivity contribution in [3.8, 4) is 16.8 Å². The van der Waals surface area contributed by atoms with E-state index in [9.17, 15) is 0 Å². The molecule has 2 heterocycles. The van der Waals surface area contributed by atoms with Crippen LogP contribution >= 0.6 is 0 Å². The Hall–Kier alpha value is -5.60. The highest BCUT2D eigenvalue weighted by atomic mass is 15.1. The van der Waals surface area contributed by atoms with Crippen LogP contribution in [0.5, 0.6) is 0 Å². The highest BCUT2D eigenvalue weighted by molar-refractivity contribution is 6.12. The van der Waals surface area contributed by atoms with E-state index in [0.29, 0.717) is 0 Å². The number of hydrogen-bond acceptors (Lipinski definition) is 1. The van der Waals surface area contributed by atoms with Crippen molar-refractivity contribution in [2.24, 2.45) is 0 Å². The topological polar surface area (TPSA) is 8.17 Å². The van der Waals surface area contributed by atoms with Crippen LogP contribution in [-0.2, 0) is 5.41 Å². The van der Waals surface area contributed by atoms with E-state index in [2.05, 4.69) is 181 Å². The van der Waals surface area contributed by atoms with Gasteiger partial charge in [0, 0.05) is 33.2 Å². The molecule has 2 heteroatoms. The summed E-state index contributed by atoms with van der Waals surface area (Å²) in [7, 11) is 0. The molecule has 0 saturated carbocycles. The van der Waals surface area contributed by atoms with Crippen LogP contribution in [0.2, 0.25) is 0 Å². The van der Waals surface area contributed by atoms with E-state index in [1.165, 1.54) is 60.5 Å². The van der Waals surface area contributed by atoms with Crippen LogP contribution in [0.3, 0.4) is 0 Å². The van der Waals surface area contributed by atoms with Gasteiger partial charge in [0.1, 0.15) is 0 Å². The molecule has 1 aliphatic heterocycles. The molecular weight excluding hydrogens is 544 g/mol. The van der Waals surface area contributed by atoms with Gasteiger partial charge >= 0.3 is 0 Å². The third-order valence-electron chi connectivity index (χ3n) is 9.72. The van der Waals surface area contributed by atoms with E-state index in [4.69, 9.17) is 0 Å². The Bertz CT molecular complexity index is 2360. The highest BCUT2D eigenvalue weighted by Crippen LogP contribution is 2.48. The first-order valence-corrected chi connectivity index (χ1v) is 15.7. The maximum Gasteiger partial charge on any atom is 0.0582 e. The molecule has 1 aliphatic rings. The molecule has 0 saturated heterocycles. The zero-order valence-corrected chi connectivity index (χ0v) is 25.4. The van der Waals surface area contributed by atoms with Gasteiger partial charge in [-0.1, -0.05) is 111 Å². The van der Waals surface area contributed by atoms with Gasteiger partial charge in [0.2, 0.25) is 0 Å². The number of benzene rings is 7. The molecule has 0 amide bonds. The van der Waals surface area contributed by atoms with E-state index in [1.54, 1.807) is 0 Å². The molecule has 9 rings (SSSR count). The smallest absolute Gasteiger partial charge is 0.0582 e. The lowest BCUT2D eigenvalue weighted by Crippen LogP contribution is -2.26. The van der Waals surface area contributed by atoms with Crippen molar-refractivity contribution in [1.29, 1.82) is 0 Å². The van der Waals surface area contributed by atoms with Gasteiger partial charge in [-0.3, -0.25) is 0 Å². The molecule has 0 fully saturated rings. The monoisotopic (exact) mass is 576 g/mol. The maximum atomic E-state index is 2.48. The fraction of sp³-hybridized carbons (Fsp3) is 0.0698. The summed E-state index contributed by atoms with van der Waals surface area (Å²) in [6.45, 7) is 4.71. The molecule has 0 N–H and O–H groups in total. The zero-order chi connectivity index (χ0) is 30.1. The van der Waals surface area contributed by atoms with E-state index in [0.717, 1.165) is 17.1 Å². The Morgan fingerprint density at radius 1 is 0.467 bits per heavy atom. The van der Waals surface area contributed by atoms with Crippen LogP contribution in [0.1, 0.15) is 25.0 Å². The number of rotatable bonds is 4. The molecule has 1 aromatic heterocycles. The minimum Gasteiger partial charge on any atom is -0.310 e. The Labute approximate surface area is 263 Å². The average molecular weight is 577 g/mol. The number of hydrogen-bond donors (Lipinski definition) is 0. The molecular formula is C43H32N2. The normalized spacial score (nSPS) is 13.3. The first kappa shape index (κ1) is 25.9. The second-order valence-electron chi connectivity index (χ2n) is 12.7. The lowest BCUT2D eigenvalue weighted by molar-refractivity contribution is 0.630. The molecule has 7 aromatic carbocycles. The predicted octanol–water partition coefficient (Wildman–Crippen LogP) is 11.7. The third-order valence-corrected chi connectivity index (χ3v) is 9.72. The van der Waals surface area contributed by atoms with E-state index in [-0.39, 0.29) is 5.41 Å². The van der Waals surface area contributed by atoms with Crippen molar-refractivity contribution in [1.82, 2.24) is 4.57 Å². The van der Waals surface area contributed by atoms with Crippen LogP contribution in [-0.4, -0.2) is 4.57 Å². The molecule has 214 valence electrons. The number of nitrogens with zero attached hydrogens (tertiary/aromatic N) is 2. The number of aromatic nitrogens is 1. The Kier molecular flexibility index (Phi) is 5.58. The summed E-state index contributed by atoms with van der Waals surface area (Å²) < 4.78 is 2.48. The Morgan fingerprint density at radius 3 is 1.87 bits per heavy atom. The molecule has 0 atom stereocenters. The second kappa shape index (κ2) is 9.70. The van der Waals surface area contributed by atoms with E-state index in [1.807, 2.05) is 0 Å². The van der Waals surface area contributed by atoms with Gasteiger partial charge in [-0.05, 0) is 93.7 Å². The van der Waals surface area contributed by atoms with Crippen LogP contribution in [0.4, 0.5) is 17.1 Å². The van der Waals surface area contributed by atoms with E-state index < -0.39 is 0 Å². The predicted molar refractivity (Wildman–Crippen MR) is 191 cm³/mol. The van der Waals surface area contributed by atoms with Gasteiger partial charge in [-0.2, -0.15) is 0 Å². The fourth-order valence-corrected chi connectivity index (χ4v) is 7.50. The summed E-state index contributed by atoms with van der Waals surface area (Å²) in [6.07, 6.45) is 0. The fourth-order valence-electron chi connectivity index (χ4n) is 7.50. The molecule has 0 radical (unpaired) electrons. The molecule has 0 unspecified atom stereocenters. The maximum absolute atomic E-state index is 2.48. The average Bonchev–Trinajstić information content (AvgIpc) is 3.42. The summed E-state index contributed by atoms with van der Waals surface area (Å²) in [4.78, 5) is 2.32. The Balaban J connectivity index is 1.17. The van der Waals surface area contributed by atoms with Crippen molar-refractivity contribution in [2.45, 2.75) is 19.3 Å². The van der Waals surface area contributed by atoms with Gasteiger partial charge in [0.15, 0.2) is 0 Å². The quantitative estimate of drug-likeness (QED) is 0.202. The summed E-state index contributed by atoms with van der Waals surface area (Å²) in [6, 6.07) is 57.5. The largest absolute Gasteiger partial charge is 0.310 e. The minimum absolute atomic E-state index is 0.0584. The van der Waals surface area contributed by atoms with Crippen molar-refractivity contribution in [2.75, 3.05) is 4.90 Å². The molecule has 0 bridgehead atoms. The first-order chi connectivity index (χ1) is 22.1. The van der Waals surface area contributed by atoms with Crippen LogP contribution in [0.25, 0.3) is 49.4 Å². The SMILES string of the molecule is CC1(C)c2ccccc2-n2c3ccc(-c4ccc5cc(N(c6ccccc6)c6ccccc6)ccc5c4)cc3c3cccc1c32. The Morgan fingerprint density at radius 2 is 1.09 bits per heavy atom. The van der Waals surface area contributed by atoms with Crippen molar-refractivity contribution >= 4 is 49.6 Å².